The second-order valence-corrected chi connectivity index (χ2v) is 4.63. The molecule has 7 heteroatoms. The third kappa shape index (κ3) is 2.25. The average Bonchev–Trinajstić information content (AvgIpc) is 3.04. The van der Waals surface area contributed by atoms with E-state index in [2.05, 4.69) is 10.3 Å². The van der Waals surface area contributed by atoms with Crippen LogP contribution in [-0.2, 0) is 24.4 Å². The van der Waals surface area contributed by atoms with Gasteiger partial charge in [-0.25, -0.2) is 9.48 Å². The number of carbonyl (C=O) groups excluding carboxylic acids is 1. The highest BCUT2D eigenvalue weighted by Gasteiger charge is 2.23. The highest BCUT2D eigenvalue weighted by Crippen LogP contribution is 2.22. The Balaban J connectivity index is 1.67. The van der Waals surface area contributed by atoms with Gasteiger partial charge in [0.25, 0.3) is 0 Å². The zero-order chi connectivity index (χ0) is 14.1. The number of aromatic carboxylic acids is 1. The van der Waals surface area contributed by atoms with E-state index >= 15 is 0 Å². The largest absolute Gasteiger partial charge is 0.476 e. The molecule has 20 heavy (non-hydrogen) atoms. The molecule has 0 unspecified atom stereocenters. The Morgan fingerprint density at radius 2 is 1.85 bits per heavy atom. The number of carbonyl (C=O) groups is 2. The summed E-state index contributed by atoms with van der Waals surface area (Å²) in [6.45, 7) is 1.15. The van der Waals surface area contributed by atoms with E-state index in [1.807, 2.05) is 24.3 Å². The van der Waals surface area contributed by atoms with Gasteiger partial charge in [-0.15, -0.1) is 5.10 Å². The van der Waals surface area contributed by atoms with Crippen LogP contribution in [0.1, 0.15) is 21.6 Å². The van der Waals surface area contributed by atoms with Gasteiger partial charge in [0.05, 0.1) is 6.20 Å². The molecule has 0 atom stereocenters. The molecule has 2 aromatic rings. The van der Waals surface area contributed by atoms with Crippen LogP contribution < -0.4 is 0 Å². The maximum atomic E-state index is 12.2. The highest BCUT2D eigenvalue weighted by molar-refractivity contribution is 5.84. The van der Waals surface area contributed by atoms with Gasteiger partial charge in [-0.1, -0.05) is 29.5 Å². The first kappa shape index (κ1) is 12.3. The second-order valence-electron chi connectivity index (χ2n) is 4.63. The van der Waals surface area contributed by atoms with Gasteiger partial charge in [0.2, 0.25) is 5.91 Å². The lowest BCUT2D eigenvalue weighted by Gasteiger charge is -2.14. The summed E-state index contributed by atoms with van der Waals surface area (Å²) in [5, 5.41) is 15.9. The molecule has 7 nitrogen and oxygen atoms in total. The summed E-state index contributed by atoms with van der Waals surface area (Å²) in [4.78, 5) is 24.6. The number of rotatable bonds is 3. The molecule has 2 heterocycles. The van der Waals surface area contributed by atoms with Crippen molar-refractivity contribution in [3.05, 3.63) is 47.3 Å². The van der Waals surface area contributed by atoms with E-state index in [1.165, 1.54) is 10.9 Å². The molecule has 1 aromatic carbocycles. The lowest BCUT2D eigenvalue weighted by molar-refractivity contribution is -0.132. The SMILES string of the molecule is O=C(O)c1cn(CC(=O)N2Cc3ccccc3C2)nn1. The van der Waals surface area contributed by atoms with Crippen molar-refractivity contribution in [3.63, 3.8) is 0 Å². The van der Waals surface area contributed by atoms with E-state index in [4.69, 9.17) is 5.11 Å². The minimum atomic E-state index is -1.16. The first-order chi connectivity index (χ1) is 9.63. The van der Waals surface area contributed by atoms with Gasteiger partial charge in [-0.3, -0.25) is 4.79 Å². The number of amides is 1. The van der Waals surface area contributed by atoms with Crippen LogP contribution in [0.15, 0.2) is 30.5 Å². The molecule has 0 fully saturated rings. The molecule has 1 aliphatic heterocycles. The van der Waals surface area contributed by atoms with Crippen molar-refractivity contribution in [3.8, 4) is 0 Å². The first-order valence-electron chi connectivity index (χ1n) is 6.11. The van der Waals surface area contributed by atoms with Crippen molar-refractivity contribution < 1.29 is 14.7 Å². The van der Waals surface area contributed by atoms with Crippen LogP contribution in [0, 0.1) is 0 Å². The number of fused-ring (bicyclic) bond motifs is 1. The average molecular weight is 272 g/mol. The van der Waals surface area contributed by atoms with Gasteiger partial charge >= 0.3 is 5.97 Å². The fourth-order valence-electron chi connectivity index (χ4n) is 2.22. The van der Waals surface area contributed by atoms with Gasteiger partial charge < -0.3 is 10.0 Å². The van der Waals surface area contributed by atoms with Crippen LogP contribution >= 0.6 is 0 Å². The molecule has 0 spiro atoms. The Hall–Kier alpha value is -2.70. The molecular weight excluding hydrogens is 260 g/mol. The molecule has 0 saturated carbocycles. The summed E-state index contributed by atoms with van der Waals surface area (Å²) < 4.78 is 1.24. The van der Waals surface area contributed by atoms with Crippen LogP contribution in [0.4, 0.5) is 0 Å². The van der Waals surface area contributed by atoms with E-state index in [0.29, 0.717) is 13.1 Å². The molecule has 0 bridgehead atoms. The number of hydrogen-bond acceptors (Lipinski definition) is 4. The van der Waals surface area contributed by atoms with E-state index in [9.17, 15) is 9.59 Å². The Morgan fingerprint density at radius 1 is 1.20 bits per heavy atom. The summed E-state index contributed by atoms with van der Waals surface area (Å²) in [5.74, 6) is -1.26. The fourth-order valence-corrected chi connectivity index (χ4v) is 2.22. The van der Waals surface area contributed by atoms with Gasteiger partial charge in [-0.2, -0.15) is 0 Å². The molecule has 1 N–H and O–H groups in total. The van der Waals surface area contributed by atoms with Gasteiger partial charge in [0.15, 0.2) is 5.69 Å². The van der Waals surface area contributed by atoms with Crippen LogP contribution in [0.3, 0.4) is 0 Å². The molecule has 3 rings (SSSR count). The third-order valence-electron chi connectivity index (χ3n) is 3.25. The number of carboxylic acids is 1. The van der Waals surface area contributed by atoms with Gasteiger partial charge in [0.1, 0.15) is 6.54 Å². The zero-order valence-electron chi connectivity index (χ0n) is 10.6. The maximum Gasteiger partial charge on any atom is 0.358 e. The smallest absolute Gasteiger partial charge is 0.358 e. The molecule has 1 aromatic heterocycles. The molecule has 1 amide bonds. The monoisotopic (exact) mass is 272 g/mol. The van der Waals surface area contributed by atoms with Gasteiger partial charge in [0, 0.05) is 13.1 Å². The highest BCUT2D eigenvalue weighted by atomic mass is 16.4. The van der Waals surface area contributed by atoms with E-state index in [-0.39, 0.29) is 18.1 Å². The van der Waals surface area contributed by atoms with Crippen molar-refractivity contribution >= 4 is 11.9 Å². The van der Waals surface area contributed by atoms with Crippen molar-refractivity contribution in [2.75, 3.05) is 0 Å². The van der Waals surface area contributed by atoms with Crippen molar-refractivity contribution in [2.24, 2.45) is 0 Å². The third-order valence-corrected chi connectivity index (χ3v) is 3.25. The molecule has 102 valence electrons. The predicted octanol–water partition coefficient (Wildman–Crippen LogP) is 0.519. The number of hydrogen-bond donors (Lipinski definition) is 1. The molecular formula is C13H12N4O3. The molecule has 0 radical (unpaired) electrons. The van der Waals surface area contributed by atoms with Crippen LogP contribution in [0.25, 0.3) is 0 Å². The number of carboxylic acid groups (broad SMARTS) is 1. The Morgan fingerprint density at radius 3 is 2.40 bits per heavy atom. The summed E-state index contributed by atoms with van der Waals surface area (Å²) in [7, 11) is 0. The maximum absolute atomic E-state index is 12.2. The van der Waals surface area contributed by atoms with Crippen LogP contribution in [-0.4, -0.2) is 36.9 Å². The van der Waals surface area contributed by atoms with Gasteiger partial charge in [-0.05, 0) is 11.1 Å². The van der Waals surface area contributed by atoms with Crippen LogP contribution in [0.5, 0.6) is 0 Å². The molecule has 0 saturated heterocycles. The first-order valence-corrected chi connectivity index (χ1v) is 6.11. The van der Waals surface area contributed by atoms with E-state index in [0.717, 1.165) is 11.1 Å². The topological polar surface area (TPSA) is 88.3 Å². The summed E-state index contributed by atoms with van der Waals surface area (Å²) in [6.07, 6.45) is 1.25. The fraction of sp³-hybridized carbons (Fsp3) is 0.231. The van der Waals surface area contributed by atoms with Crippen LogP contribution in [0.2, 0.25) is 0 Å². The van der Waals surface area contributed by atoms with Crippen molar-refractivity contribution in [1.82, 2.24) is 19.9 Å². The standard InChI is InChI=1S/C13H12N4O3/c18-12(8-17-7-11(13(19)20)14-15-17)16-5-9-3-1-2-4-10(9)6-16/h1-4,7H,5-6,8H2,(H,19,20). The summed E-state index contributed by atoms with van der Waals surface area (Å²) in [5.41, 5.74) is 2.12. The minimum absolute atomic E-state index is 0.00569. The predicted molar refractivity (Wildman–Crippen MR) is 67.7 cm³/mol. The Bertz CT molecular complexity index is 655. The number of benzene rings is 1. The Labute approximate surface area is 114 Å². The summed E-state index contributed by atoms with van der Waals surface area (Å²) in [6, 6.07) is 7.90. The summed E-state index contributed by atoms with van der Waals surface area (Å²) >= 11 is 0. The van der Waals surface area contributed by atoms with Crippen molar-refractivity contribution in [1.29, 1.82) is 0 Å². The number of aromatic nitrogens is 3. The number of nitrogens with zero attached hydrogens (tertiary/aromatic N) is 4. The molecule has 0 aliphatic carbocycles. The van der Waals surface area contributed by atoms with E-state index in [1.54, 1.807) is 4.90 Å². The van der Waals surface area contributed by atoms with Crippen molar-refractivity contribution in [2.45, 2.75) is 19.6 Å². The van der Waals surface area contributed by atoms with E-state index < -0.39 is 5.97 Å². The lowest BCUT2D eigenvalue weighted by Crippen LogP contribution is -2.29. The Kier molecular flexibility index (Phi) is 2.94. The normalized spacial score (nSPS) is 13.3. The minimum Gasteiger partial charge on any atom is -0.476 e. The lowest BCUT2D eigenvalue weighted by atomic mass is 10.1. The molecule has 1 aliphatic rings. The second kappa shape index (κ2) is 4.76. The zero-order valence-corrected chi connectivity index (χ0v) is 10.6. The quantitative estimate of drug-likeness (QED) is 0.880.